The van der Waals surface area contributed by atoms with Crippen LogP contribution in [0.15, 0.2) is 18.2 Å². The van der Waals surface area contributed by atoms with Crippen molar-refractivity contribution in [3.8, 4) is 5.75 Å². The van der Waals surface area contributed by atoms with Gasteiger partial charge in [0, 0.05) is 12.0 Å². The van der Waals surface area contributed by atoms with Crippen LogP contribution in [0.5, 0.6) is 5.75 Å². The normalized spacial score (nSPS) is 10.5. The molecule has 0 aliphatic heterocycles. The number of hydrogen-bond donors (Lipinski definition) is 0. The molecule has 0 atom stereocenters. The maximum absolute atomic E-state index is 12.0. The second-order valence-corrected chi connectivity index (χ2v) is 5.13. The molecule has 0 aliphatic rings. The molecule has 0 unspecified atom stereocenters. The Balaban J connectivity index is 2.35. The monoisotopic (exact) mass is 262 g/mol. The van der Waals surface area contributed by atoms with Gasteiger partial charge in [-0.2, -0.15) is 0 Å². The lowest BCUT2D eigenvalue weighted by atomic mass is 10.0. The van der Waals surface area contributed by atoms with Crippen molar-refractivity contribution in [3.63, 3.8) is 0 Å². The van der Waals surface area contributed by atoms with Crippen LogP contribution in [0.1, 0.15) is 67.8 Å². The number of methoxy groups -OCH3 is 1. The summed E-state index contributed by atoms with van der Waals surface area (Å²) in [6.45, 7) is 4.19. The Hall–Kier alpha value is -1.31. The van der Waals surface area contributed by atoms with Crippen LogP contribution in [-0.2, 0) is 0 Å². The van der Waals surface area contributed by atoms with Crippen LogP contribution in [-0.4, -0.2) is 12.9 Å². The number of carbonyl (C=O) groups is 1. The van der Waals surface area contributed by atoms with Crippen molar-refractivity contribution < 1.29 is 9.53 Å². The molecule has 0 heterocycles. The number of carbonyl (C=O) groups excluding carboxylic acids is 1. The zero-order valence-electron chi connectivity index (χ0n) is 12.5. The second-order valence-electron chi connectivity index (χ2n) is 5.13. The number of aryl methyl sites for hydroxylation is 1. The summed E-state index contributed by atoms with van der Waals surface area (Å²) in [5.74, 6) is 1.09. The van der Waals surface area contributed by atoms with Gasteiger partial charge < -0.3 is 4.74 Å². The lowest BCUT2D eigenvalue weighted by molar-refractivity contribution is 0.0979. The maximum atomic E-state index is 12.0. The molecule has 19 heavy (non-hydrogen) atoms. The Labute approximate surface area is 117 Å². The van der Waals surface area contributed by atoms with E-state index in [9.17, 15) is 4.79 Å². The molecule has 1 aromatic rings. The number of unbranched alkanes of at least 4 members (excludes halogenated alkanes) is 5. The number of benzene rings is 1. The van der Waals surface area contributed by atoms with Gasteiger partial charge in [0.1, 0.15) is 5.75 Å². The summed E-state index contributed by atoms with van der Waals surface area (Å²) >= 11 is 0. The zero-order valence-corrected chi connectivity index (χ0v) is 12.5. The summed E-state index contributed by atoms with van der Waals surface area (Å²) in [7, 11) is 1.65. The van der Waals surface area contributed by atoms with Gasteiger partial charge in [-0.1, -0.05) is 39.0 Å². The minimum atomic E-state index is 0.251. The Bertz CT molecular complexity index is 396. The summed E-state index contributed by atoms with van der Waals surface area (Å²) in [6, 6.07) is 5.67. The first kappa shape index (κ1) is 15.7. The molecule has 2 heteroatoms. The molecule has 0 aliphatic carbocycles. The lowest BCUT2D eigenvalue weighted by Crippen LogP contribution is -2.00. The van der Waals surface area contributed by atoms with E-state index < -0.39 is 0 Å². The van der Waals surface area contributed by atoms with Gasteiger partial charge in [0.15, 0.2) is 5.78 Å². The molecular weight excluding hydrogens is 236 g/mol. The van der Waals surface area contributed by atoms with Crippen LogP contribution >= 0.6 is 0 Å². The van der Waals surface area contributed by atoms with Gasteiger partial charge in [0.05, 0.1) is 7.11 Å². The van der Waals surface area contributed by atoms with Crippen LogP contribution in [0.4, 0.5) is 0 Å². The van der Waals surface area contributed by atoms with Gasteiger partial charge in [-0.05, 0) is 37.1 Å². The fraction of sp³-hybridized carbons (Fsp3) is 0.588. The van der Waals surface area contributed by atoms with Gasteiger partial charge in [-0.25, -0.2) is 0 Å². The highest BCUT2D eigenvalue weighted by atomic mass is 16.5. The molecule has 0 aromatic heterocycles. The zero-order chi connectivity index (χ0) is 14.1. The molecule has 2 nitrogen and oxygen atoms in total. The molecule has 0 fully saturated rings. The summed E-state index contributed by atoms with van der Waals surface area (Å²) in [5, 5.41) is 0. The van der Waals surface area contributed by atoms with Crippen molar-refractivity contribution in [2.45, 2.75) is 58.8 Å². The summed E-state index contributed by atoms with van der Waals surface area (Å²) in [6.07, 6.45) is 7.97. The predicted molar refractivity (Wildman–Crippen MR) is 80.1 cm³/mol. The fourth-order valence-electron chi connectivity index (χ4n) is 2.26. The van der Waals surface area contributed by atoms with Crippen molar-refractivity contribution in [2.24, 2.45) is 0 Å². The molecule has 0 saturated heterocycles. The van der Waals surface area contributed by atoms with E-state index >= 15 is 0 Å². The smallest absolute Gasteiger partial charge is 0.162 e. The van der Waals surface area contributed by atoms with Gasteiger partial charge in [0.2, 0.25) is 0 Å². The van der Waals surface area contributed by atoms with E-state index in [2.05, 4.69) is 6.92 Å². The Morgan fingerprint density at radius 1 is 1.11 bits per heavy atom. The molecule has 0 saturated carbocycles. The van der Waals surface area contributed by atoms with Gasteiger partial charge in [0.25, 0.3) is 0 Å². The van der Waals surface area contributed by atoms with E-state index in [0.29, 0.717) is 6.42 Å². The van der Waals surface area contributed by atoms with Gasteiger partial charge in [-0.15, -0.1) is 0 Å². The molecule has 0 bridgehead atoms. The second kappa shape index (κ2) is 8.73. The minimum absolute atomic E-state index is 0.251. The third-order valence-corrected chi connectivity index (χ3v) is 3.47. The van der Waals surface area contributed by atoms with Crippen molar-refractivity contribution in [2.75, 3.05) is 7.11 Å². The van der Waals surface area contributed by atoms with E-state index in [1.165, 1.54) is 32.1 Å². The van der Waals surface area contributed by atoms with Crippen molar-refractivity contribution in [1.82, 2.24) is 0 Å². The first-order valence-electron chi connectivity index (χ1n) is 7.37. The van der Waals surface area contributed by atoms with Crippen LogP contribution in [0.2, 0.25) is 0 Å². The van der Waals surface area contributed by atoms with E-state index in [1.807, 2.05) is 25.1 Å². The van der Waals surface area contributed by atoms with E-state index in [4.69, 9.17) is 4.74 Å². The molecular formula is C17H26O2. The number of ketones is 1. The Morgan fingerprint density at radius 3 is 2.42 bits per heavy atom. The van der Waals surface area contributed by atoms with E-state index in [1.54, 1.807) is 7.11 Å². The maximum Gasteiger partial charge on any atom is 0.162 e. The average molecular weight is 262 g/mol. The Morgan fingerprint density at radius 2 is 1.79 bits per heavy atom. The predicted octanol–water partition coefficient (Wildman–Crippen LogP) is 4.94. The Kier molecular flexibility index (Phi) is 7.24. The fourth-order valence-corrected chi connectivity index (χ4v) is 2.26. The molecule has 0 spiro atoms. The van der Waals surface area contributed by atoms with Crippen molar-refractivity contribution >= 4 is 5.78 Å². The quantitative estimate of drug-likeness (QED) is 0.465. The number of Topliss-reactive ketones (excluding diaryl/α,β-unsaturated/α-hetero) is 1. The SMILES string of the molecule is CCCCCCCCC(=O)c1ccc(OC)c(C)c1. The largest absolute Gasteiger partial charge is 0.496 e. The van der Waals surface area contributed by atoms with E-state index in [-0.39, 0.29) is 5.78 Å². The molecule has 0 amide bonds. The van der Waals surface area contributed by atoms with Crippen molar-refractivity contribution in [1.29, 1.82) is 0 Å². The first-order chi connectivity index (χ1) is 9.19. The molecule has 0 radical (unpaired) electrons. The third-order valence-electron chi connectivity index (χ3n) is 3.47. The molecule has 106 valence electrons. The number of hydrogen-bond acceptors (Lipinski definition) is 2. The highest BCUT2D eigenvalue weighted by Gasteiger charge is 2.07. The molecule has 1 aromatic carbocycles. The highest BCUT2D eigenvalue weighted by molar-refractivity contribution is 5.96. The summed E-state index contributed by atoms with van der Waals surface area (Å²) in [4.78, 5) is 12.0. The lowest BCUT2D eigenvalue weighted by Gasteiger charge is -2.07. The number of rotatable bonds is 9. The van der Waals surface area contributed by atoms with Crippen LogP contribution < -0.4 is 4.74 Å². The van der Waals surface area contributed by atoms with Crippen molar-refractivity contribution in [3.05, 3.63) is 29.3 Å². The minimum Gasteiger partial charge on any atom is -0.496 e. The van der Waals surface area contributed by atoms with E-state index in [0.717, 1.165) is 23.3 Å². The molecule has 1 rings (SSSR count). The average Bonchev–Trinajstić information content (AvgIpc) is 2.42. The first-order valence-corrected chi connectivity index (χ1v) is 7.37. The highest BCUT2D eigenvalue weighted by Crippen LogP contribution is 2.20. The third kappa shape index (κ3) is 5.46. The van der Waals surface area contributed by atoms with Crippen LogP contribution in [0, 0.1) is 6.92 Å². The molecule has 0 N–H and O–H groups in total. The topological polar surface area (TPSA) is 26.3 Å². The standard InChI is InChI=1S/C17H26O2/c1-4-5-6-7-8-9-10-16(18)15-11-12-17(19-3)14(2)13-15/h11-13H,4-10H2,1-3H3. The van der Waals surface area contributed by atoms with Gasteiger partial charge in [-0.3, -0.25) is 4.79 Å². The van der Waals surface area contributed by atoms with Gasteiger partial charge >= 0.3 is 0 Å². The summed E-state index contributed by atoms with van der Waals surface area (Å²) in [5.41, 5.74) is 1.84. The van der Waals surface area contributed by atoms with Crippen LogP contribution in [0.25, 0.3) is 0 Å². The summed E-state index contributed by atoms with van der Waals surface area (Å²) < 4.78 is 5.20. The van der Waals surface area contributed by atoms with Crippen LogP contribution in [0.3, 0.4) is 0 Å². The number of ether oxygens (including phenoxy) is 1.